The molecule has 8 heteroatoms. The number of halogens is 2. The van der Waals surface area contributed by atoms with Crippen LogP contribution >= 0.6 is 0 Å². The van der Waals surface area contributed by atoms with E-state index in [4.69, 9.17) is 4.74 Å². The summed E-state index contributed by atoms with van der Waals surface area (Å²) in [6, 6.07) is 18.7. The van der Waals surface area contributed by atoms with Crippen LogP contribution in [-0.2, 0) is 11.2 Å². The van der Waals surface area contributed by atoms with Gasteiger partial charge in [-0.3, -0.25) is 0 Å². The van der Waals surface area contributed by atoms with Crippen LogP contribution in [0.1, 0.15) is 5.56 Å². The summed E-state index contributed by atoms with van der Waals surface area (Å²) in [6.07, 6.45) is 0.946. The van der Waals surface area contributed by atoms with Crippen molar-refractivity contribution in [2.75, 3.05) is 24.6 Å². The van der Waals surface area contributed by atoms with Crippen molar-refractivity contribution in [1.82, 2.24) is 15.0 Å². The van der Waals surface area contributed by atoms with Gasteiger partial charge in [0.2, 0.25) is 0 Å². The fraction of sp³-hybridized carbons (Fsp3) is 0.217. The Morgan fingerprint density at radius 1 is 1.03 bits per heavy atom. The first-order valence-electron chi connectivity index (χ1n) is 10.0. The molecule has 1 fully saturated rings. The van der Waals surface area contributed by atoms with Crippen molar-refractivity contribution in [2.45, 2.75) is 12.5 Å². The van der Waals surface area contributed by atoms with E-state index in [1.54, 1.807) is 12.1 Å². The van der Waals surface area contributed by atoms with Crippen molar-refractivity contribution >= 4 is 16.7 Å². The fourth-order valence-electron chi connectivity index (χ4n) is 3.94. The maximum absolute atomic E-state index is 14.4. The molecule has 5 rings (SSSR count). The summed E-state index contributed by atoms with van der Waals surface area (Å²) in [6.45, 7) is 2.18. The molecular weight excluding hydrogens is 402 g/mol. The summed E-state index contributed by atoms with van der Waals surface area (Å²) in [5, 5.41) is 17.3. The number of phenols is 1. The number of aromatic hydroxyl groups is 1. The number of phenolic OH excluding ortho intramolecular Hbond substituents is 1. The predicted molar refractivity (Wildman–Crippen MR) is 113 cm³/mol. The standard InChI is InChI=1S/C23H20F2N4O2/c24-19-13-20-22(21(25)23(19)30)29(27-26-20)17-8-6-16(7-9-17)28-10-11-31-18(14-28)12-15-4-2-1-3-5-15/h1-9,13,18,30H,10-12,14H2/t18-/m0/s1. The van der Waals surface area contributed by atoms with Crippen LogP contribution in [0.25, 0.3) is 16.7 Å². The summed E-state index contributed by atoms with van der Waals surface area (Å²) >= 11 is 0. The lowest BCUT2D eigenvalue weighted by molar-refractivity contribution is 0.0411. The van der Waals surface area contributed by atoms with E-state index in [0.29, 0.717) is 12.3 Å². The lowest BCUT2D eigenvalue weighted by atomic mass is 10.1. The third kappa shape index (κ3) is 3.70. The van der Waals surface area contributed by atoms with Gasteiger partial charge in [0.05, 0.1) is 18.4 Å². The molecule has 1 atom stereocenters. The second-order valence-electron chi connectivity index (χ2n) is 7.53. The minimum atomic E-state index is -1.08. The Kier molecular flexibility index (Phi) is 4.99. The maximum atomic E-state index is 14.4. The topological polar surface area (TPSA) is 63.4 Å². The zero-order valence-corrected chi connectivity index (χ0v) is 16.6. The molecule has 0 aliphatic carbocycles. The Labute approximate surface area is 177 Å². The number of morpholine rings is 1. The van der Waals surface area contributed by atoms with Gasteiger partial charge in [0.25, 0.3) is 0 Å². The molecule has 1 aromatic heterocycles. The van der Waals surface area contributed by atoms with Gasteiger partial charge in [0.1, 0.15) is 11.0 Å². The number of anilines is 1. The number of hydrogen-bond donors (Lipinski definition) is 1. The van der Waals surface area contributed by atoms with Crippen LogP contribution in [0, 0.1) is 11.6 Å². The molecular formula is C23H20F2N4O2. The Balaban J connectivity index is 1.37. The minimum absolute atomic E-state index is 0.0359. The molecule has 1 saturated heterocycles. The average molecular weight is 422 g/mol. The molecule has 1 aliphatic heterocycles. The normalized spacial score (nSPS) is 16.7. The van der Waals surface area contributed by atoms with Crippen molar-refractivity contribution in [3.63, 3.8) is 0 Å². The maximum Gasteiger partial charge on any atom is 0.195 e. The number of fused-ring (bicyclic) bond motifs is 1. The highest BCUT2D eigenvalue weighted by atomic mass is 19.1. The van der Waals surface area contributed by atoms with Crippen molar-refractivity contribution in [2.24, 2.45) is 0 Å². The van der Waals surface area contributed by atoms with Crippen LogP contribution in [0.3, 0.4) is 0 Å². The summed E-state index contributed by atoms with van der Waals surface area (Å²) in [5.41, 5.74) is 2.79. The highest BCUT2D eigenvalue weighted by molar-refractivity contribution is 5.79. The molecule has 4 aromatic rings. The molecule has 1 aliphatic rings. The van der Waals surface area contributed by atoms with Gasteiger partial charge < -0.3 is 14.7 Å². The van der Waals surface area contributed by atoms with Gasteiger partial charge in [-0.2, -0.15) is 0 Å². The smallest absolute Gasteiger partial charge is 0.195 e. The Hall–Kier alpha value is -3.52. The van der Waals surface area contributed by atoms with Gasteiger partial charge in [-0.05, 0) is 29.8 Å². The first-order chi connectivity index (χ1) is 15.1. The van der Waals surface area contributed by atoms with E-state index in [0.717, 1.165) is 31.3 Å². The molecule has 0 unspecified atom stereocenters. The molecule has 0 saturated carbocycles. The quantitative estimate of drug-likeness (QED) is 0.541. The molecule has 0 spiro atoms. The van der Waals surface area contributed by atoms with Gasteiger partial charge >= 0.3 is 0 Å². The summed E-state index contributed by atoms with van der Waals surface area (Å²) < 4.78 is 35.2. The van der Waals surface area contributed by atoms with Crippen molar-refractivity contribution in [3.05, 3.63) is 77.9 Å². The van der Waals surface area contributed by atoms with Crippen LogP contribution in [0.5, 0.6) is 5.75 Å². The summed E-state index contributed by atoms with van der Waals surface area (Å²) in [7, 11) is 0. The SMILES string of the molecule is Oc1c(F)cc2nnn(-c3ccc(N4CCO[C@@H](Cc5ccccc5)C4)cc3)c2c1F. The summed E-state index contributed by atoms with van der Waals surface area (Å²) in [4.78, 5) is 2.25. The number of ether oxygens (including phenoxy) is 1. The first-order valence-corrected chi connectivity index (χ1v) is 10.0. The second-order valence-corrected chi connectivity index (χ2v) is 7.53. The van der Waals surface area contributed by atoms with E-state index in [1.165, 1.54) is 10.2 Å². The van der Waals surface area contributed by atoms with Crippen LogP contribution < -0.4 is 4.90 Å². The van der Waals surface area contributed by atoms with Gasteiger partial charge in [-0.15, -0.1) is 5.10 Å². The molecule has 31 heavy (non-hydrogen) atoms. The first kappa shape index (κ1) is 19.4. The van der Waals surface area contributed by atoms with Gasteiger partial charge in [0.15, 0.2) is 17.4 Å². The van der Waals surface area contributed by atoms with E-state index in [2.05, 4.69) is 27.3 Å². The molecule has 1 N–H and O–H groups in total. The Bertz CT molecular complexity index is 1210. The van der Waals surface area contributed by atoms with Gasteiger partial charge in [-0.25, -0.2) is 13.5 Å². The molecule has 6 nitrogen and oxygen atoms in total. The summed E-state index contributed by atoms with van der Waals surface area (Å²) in [5.74, 6) is -3.18. The molecule has 2 heterocycles. The number of aromatic nitrogens is 3. The fourth-order valence-corrected chi connectivity index (χ4v) is 3.94. The van der Waals surface area contributed by atoms with Crippen molar-refractivity contribution < 1.29 is 18.6 Å². The number of nitrogens with zero attached hydrogens (tertiary/aromatic N) is 4. The zero-order chi connectivity index (χ0) is 21.4. The zero-order valence-electron chi connectivity index (χ0n) is 16.6. The van der Waals surface area contributed by atoms with E-state index in [-0.39, 0.29) is 17.1 Å². The molecule has 0 amide bonds. The molecule has 158 valence electrons. The molecule has 3 aromatic carbocycles. The third-order valence-electron chi connectivity index (χ3n) is 5.51. The average Bonchev–Trinajstić information content (AvgIpc) is 3.22. The molecule has 0 radical (unpaired) electrons. The monoisotopic (exact) mass is 422 g/mol. The number of rotatable bonds is 4. The lowest BCUT2D eigenvalue weighted by Crippen LogP contribution is -2.43. The van der Waals surface area contributed by atoms with Crippen LogP contribution in [0.15, 0.2) is 60.7 Å². The predicted octanol–water partition coefficient (Wildman–Crippen LogP) is 3.85. The van der Waals surface area contributed by atoms with Crippen LogP contribution in [0.4, 0.5) is 14.5 Å². The molecule has 0 bridgehead atoms. The number of benzene rings is 3. The van der Waals surface area contributed by atoms with Crippen LogP contribution in [0.2, 0.25) is 0 Å². The second kappa shape index (κ2) is 7.96. The largest absolute Gasteiger partial charge is 0.503 e. The lowest BCUT2D eigenvalue weighted by Gasteiger charge is -2.34. The minimum Gasteiger partial charge on any atom is -0.503 e. The Morgan fingerprint density at radius 2 is 1.77 bits per heavy atom. The van der Waals surface area contributed by atoms with E-state index >= 15 is 0 Å². The van der Waals surface area contributed by atoms with Gasteiger partial charge in [0, 0.05) is 31.3 Å². The van der Waals surface area contributed by atoms with E-state index in [9.17, 15) is 13.9 Å². The van der Waals surface area contributed by atoms with Crippen molar-refractivity contribution in [1.29, 1.82) is 0 Å². The highest BCUT2D eigenvalue weighted by Gasteiger charge is 2.22. The van der Waals surface area contributed by atoms with Crippen LogP contribution in [-0.4, -0.2) is 45.9 Å². The van der Waals surface area contributed by atoms with Crippen molar-refractivity contribution in [3.8, 4) is 11.4 Å². The highest BCUT2D eigenvalue weighted by Crippen LogP contribution is 2.29. The van der Waals surface area contributed by atoms with E-state index in [1.807, 2.05) is 30.3 Å². The van der Waals surface area contributed by atoms with E-state index < -0.39 is 17.4 Å². The number of hydrogen-bond acceptors (Lipinski definition) is 5. The van der Waals surface area contributed by atoms with Gasteiger partial charge in [-0.1, -0.05) is 35.5 Å². The third-order valence-corrected chi connectivity index (χ3v) is 5.51. The Morgan fingerprint density at radius 3 is 2.55 bits per heavy atom.